The molecular formula is C23H25ClN2O. The molecule has 1 atom stereocenters. The predicted octanol–water partition coefficient (Wildman–Crippen LogP) is 5.87. The molecule has 2 aromatic heterocycles. The van der Waals surface area contributed by atoms with Crippen LogP contribution in [0.4, 0.5) is 0 Å². The van der Waals surface area contributed by atoms with Gasteiger partial charge in [-0.1, -0.05) is 23.7 Å². The monoisotopic (exact) mass is 380 g/mol. The first-order chi connectivity index (χ1) is 13.2. The van der Waals surface area contributed by atoms with Crippen LogP contribution in [0, 0.1) is 5.92 Å². The highest BCUT2D eigenvalue weighted by molar-refractivity contribution is 6.30. The van der Waals surface area contributed by atoms with Crippen LogP contribution in [0.1, 0.15) is 73.2 Å². The van der Waals surface area contributed by atoms with Crippen LogP contribution < -0.4 is 0 Å². The summed E-state index contributed by atoms with van der Waals surface area (Å²) in [7, 11) is 0. The lowest BCUT2D eigenvalue weighted by Gasteiger charge is -2.33. The zero-order valence-electron chi connectivity index (χ0n) is 15.4. The molecule has 0 spiro atoms. The highest BCUT2D eigenvalue weighted by Gasteiger charge is 2.34. The molecule has 3 aromatic rings. The van der Waals surface area contributed by atoms with E-state index in [-0.39, 0.29) is 0 Å². The number of nitrogens with zero attached hydrogens (tertiary/aromatic N) is 2. The molecule has 1 N–H and O–H groups in total. The second-order valence-corrected chi connectivity index (χ2v) is 8.69. The van der Waals surface area contributed by atoms with E-state index >= 15 is 0 Å². The van der Waals surface area contributed by atoms with Crippen molar-refractivity contribution in [2.24, 2.45) is 5.92 Å². The number of hydrogen-bond donors (Lipinski definition) is 1. The Balaban J connectivity index is 1.38. The van der Waals surface area contributed by atoms with E-state index in [1.807, 2.05) is 29.1 Å². The smallest absolute Gasteiger partial charge is 0.0992 e. The molecule has 0 radical (unpaired) electrons. The molecule has 2 aliphatic carbocycles. The van der Waals surface area contributed by atoms with Gasteiger partial charge in [0.15, 0.2) is 0 Å². The van der Waals surface area contributed by atoms with Crippen molar-refractivity contribution in [2.45, 2.75) is 56.5 Å². The SMILES string of the molecule is O[C@@H](c1c(C2CC2)ccn2cncc12)[C@H]1CC[C@H](c2cccc(Cl)c2)CC1. The fourth-order valence-electron chi connectivity index (χ4n) is 4.87. The second kappa shape index (κ2) is 6.96. The van der Waals surface area contributed by atoms with Gasteiger partial charge in [-0.3, -0.25) is 0 Å². The summed E-state index contributed by atoms with van der Waals surface area (Å²) in [5.41, 5.74) is 4.88. The first-order valence-electron chi connectivity index (χ1n) is 10.1. The molecule has 3 nitrogen and oxygen atoms in total. The maximum Gasteiger partial charge on any atom is 0.0992 e. The summed E-state index contributed by atoms with van der Waals surface area (Å²) in [6.45, 7) is 0. The van der Waals surface area contributed by atoms with Crippen molar-refractivity contribution in [3.63, 3.8) is 0 Å². The van der Waals surface area contributed by atoms with Gasteiger partial charge in [-0.05, 0) is 85.6 Å². The molecule has 27 heavy (non-hydrogen) atoms. The lowest BCUT2D eigenvalue weighted by atomic mass is 9.75. The number of halogens is 1. The van der Waals surface area contributed by atoms with Crippen LogP contribution >= 0.6 is 11.6 Å². The fourth-order valence-corrected chi connectivity index (χ4v) is 5.07. The molecule has 0 bridgehead atoms. The van der Waals surface area contributed by atoms with Crippen molar-refractivity contribution in [1.29, 1.82) is 0 Å². The first kappa shape index (κ1) is 17.3. The predicted molar refractivity (Wildman–Crippen MR) is 108 cm³/mol. The minimum Gasteiger partial charge on any atom is -0.388 e. The zero-order chi connectivity index (χ0) is 18.4. The Morgan fingerprint density at radius 3 is 2.56 bits per heavy atom. The average molecular weight is 381 g/mol. The van der Waals surface area contributed by atoms with Crippen LogP contribution in [0.3, 0.4) is 0 Å². The summed E-state index contributed by atoms with van der Waals surface area (Å²) in [4.78, 5) is 4.31. The highest BCUT2D eigenvalue weighted by Crippen LogP contribution is 2.48. The summed E-state index contributed by atoms with van der Waals surface area (Å²) in [6, 6.07) is 10.5. The maximum atomic E-state index is 11.4. The van der Waals surface area contributed by atoms with Crippen molar-refractivity contribution in [1.82, 2.24) is 9.38 Å². The lowest BCUT2D eigenvalue weighted by molar-refractivity contribution is 0.0810. The van der Waals surface area contributed by atoms with E-state index in [9.17, 15) is 5.11 Å². The second-order valence-electron chi connectivity index (χ2n) is 8.26. The van der Waals surface area contributed by atoms with E-state index < -0.39 is 6.10 Å². The molecule has 0 amide bonds. The van der Waals surface area contributed by atoms with E-state index in [4.69, 9.17) is 11.6 Å². The van der Waals surface area contributed by atoms with Crippen molar-refractivity contribution in [2.75, 3.05) is 0 Å². The van der Waals surface area contributed by atoms with E-state index in [1.165, 1.54) is 24.0 Å². The first-order valence-corrected chi connectivity index (χ1v) is 10.5. The summed E-state index contributed by atoms with van der Waals surface area (Å²) in [6.07, 6.45) is 12.2. The molecule has 1 aromatic carbocycles. The normalized spacial score (nSPS) is 24.2. The number of benzene rings is 1. The number of aliphatic hydroxyl groups is 1. The van der Waals surface area contributed by atoms with E-state index in [0.717, 1.165) is 41.8 Å². The number of aliphatic hydroxyl groups excluding tert-OH is 1. The number of pyridine rings is 1. The maximum absolute atomic E-state index is 11.4. The van der Waals surface area contributed by atoms with Gasteiger partial charge in [0.05, 0.1) is 24.1 Å². The molecule has 140 valence electrons. The molecule has 2 aliphatic rings. The van der Waals surface area contributed by atoms with Gasteiger partial charge in [-0.15, -0.1) is 0 Å². The molecule has 0 aliphatic heterocycles. The third-order valence-electron chi connectivity index (χ3n) is 6.52. The van der Waals surface area contributed by atoms with Crippen LogP contribution in [0.2, 0.25) is 5.02 Å². The summed E-state index contributed by atoms with van der Waals surface area (Å²) < 4.78 is 2.04. The third kappa shape index (κ3) is 3.28. The number of rotatable bonds is 4. The molecule has 2 fully saturated rings. The van der Waals surface area contributed by atoms with Gasteiger partial charge < -0.3 is 9.51 Å². The van der Waals surface area contributed by atoms with Crippen LogP contribution in [0.15, 0.2) is 49.1 Å². The van der Waals surface area contributed by atoms with Gasteiger partial charge in [0.1, 0.15) is 0 Å². The standard InChI is InChI=1S/C23H25ClN2O/c24-19-3-1-2-18(12-19)15-4-8-17(9-5-15)23(27)22-20(16-6-7-16)10-11-26-14-25-13-21(22)26/h1-3,10-17,23,27H,4-9H2/t15-,17-,23-/m1/s1. The molecular weight excluding hydrogens is 356 g/mol. The zero-order valence-corrected chi connectivity index (χ0v) is 16.1. The van der Waals surface area contributed by atoms with E-state index in [2.05, 4.69) is 29.4 Å². The molecule has 0 saturated heterocycles. The van der Waals surface area contributed by atoms with Crippen molar-refractivity contribution < 1.29 is 5.11 Å². The molecule has 0 unspecified atom stereocenters. The van der Waals surface area contributed by atoms with Gasteiger partial charge in [0.2, 0.25) is 0 Å². The Morgan fingerprint density at radius 1 is 1.04 bits per heavy atom. The summed E-state index contributed by atoms with van der Waals surface area (Å²) >= 11 is 6.17. The van der Waals surface area contributed by atoms with Gasteiger partial charge in [-0.2, -0.15) is 0 Å². The Bertz CT molecular complexity index is 954. The number of fused-ring (bicyclic) bond motifs is 1. The highest BCUT2D eigenvalue weighted by atomic mass is 35.5. The van der Waals surface area contributed by atoms with Crippen LogP contribution in [0.5, 0.6) is 0 Å². The molecule has 5 rings (SSSR count). The molecule has 4 heteroatoms. The number of hydrogen-bond acceptors (Lipinski definition) is 2. The summed E-state index contributed by atoms with van der Waals surface area (Å²) in [5, 5.41) is 12.2. The Hall–Kier alpha value is -1.84. The van der Waals surface area contributed by atoms with Crippen molar-refractivity contribution in [3.8, 4) is 0 Å². The Kier molecular flexibility index (Phi) is 4.45. The molecule has 2 heterocycles. The van der Waals surface area contributed by atoms with Gasteiger partial charge in [-0.25, -0.2) is 4.98 Å². The minimum absolute atomic E-state index is 0.319. The largest absolute Gasteiger partial charge is 0.388 e. The molecule has 2 saturated carbocycles. The van der Waals surface area contributed by atoms with Crippen LogP contribution in [0.25, 0.3) is 5.52 Å². The van der Waals surface area contributed by atoms with Gasteiger partial charge in [0.25, 0.3) is 0 Å². The quantitative estimate of drug-likeness (QED) is 0.614. The average Bonchev–Trinajstić information content (AvgIpc) is 3.43. The van der Waals surface area contributed by atoms with Crippen LogP contribution in [-0.4, -0.2) is 14.5 Å². The van der Waals surface area contributed by atoms with Crippen LogP contribution in [-0.2, 0) is 0 Å². The Labute approximate surface area is 165 Å². The number of imidazole rings is 1. The van der Waals surface area contributed by atoms with E-state index in [0.29, 0.717) is 17.8 Å². The Morgan fingerprint density at radius 2 is 1.81 bits per heavy atom. The van der Waals surface area contributed by atoms with Gasteiger partial charge >= 0.3 is 0 Å². The fraction of sp³-hybridized carbons (Fsp3) is 0.435. The topological polar surface area (TPSA) is 37.5 Å². The van der Waals surface area contributed by atoms with Crippen molar-refractivity contribution in [3.05, 3.63) is 70.8 Å². The lowest BCUT2D eigenvalue weighted by Crippen LogP contribution is -2.21. The third-order valence-corrected chi connectivity index (χ3v) is 6.75. The van der Waals surface area contributed by atoms with E-state index in [1.54, 1.807) is 0 Å². The summed E-state index contributed by atoms with van der Waals surface area (Å²) in [5.74, 6) is 1.50. The minimum atomic E-state index is -0.402. The number of aromatic nitrogens is 2. The van der Waals surface area contributed by atoms with Gasteiger partial charge in [0, 0.05) is 16.8 Å². The van der Waals surface area contributed by atoms with Crippen molar-refractivity contribution >= 4 is 17.1 Å².